The first kappa shape index (κ1) is 19.4. The van der Waals surface area contributed by atoms with Crippen molar-refractivity contribution in [2.24, 2.45) is 5.92 Å². The molecule has 7 heteroatoms. The molecular weight excluding hydrogens is 276 g/mol. The highest BCUT2D eigenvalue weighted by Gasteiger charge is 2.21. The van der Waals surface area contributed by atoms with E-state index in [-0.39, 0.29) is 24.8 Å². The Bertz CT molecular complexity index is 359. The van der Waals surface area contributed by atoms with E-state index in [0.717, 1.165) is 6.42 Å². The molecule has 0 fully saturated rings. The average molecular weight is 302 g/mol. The molecular formula is C14H26N2O5. The van der Waals surface area contributed by atoms with Crippen LogP contribution in [0.15, 0.2) is 0 Å². The van der Waals surface area contributed by atoms with Gasteiger partial charge in [-0.2, -0.15) is 0 Å². The minimum atomic E-state index is -0.956. The topological polar surface area (TPSA) is 95.9 Å². The highest BCUT2D eigenvalue weighted by atomic mass is 16.5. The Labute approximate surface area is 125 Å². The predicted octanol–water partition coefficient (Wildman–Crippen LogP) is 1.47. The molecule has 0 aromatic heterocycles. The summed E-state index contributed by atoms with van der Waals surface area (Å²) in [5, 5.41) is 11.0. The van der Waals surface area contributed by atoms with Crippen molar-refractivity contribution in [1.29, 1.82) is 0 Å². The van der Waals surface area contributed by atoms with E-state index < -0.39 is 17.9 Å². The van der Waals surface area contributed by atoms with Gasteiger partial charge in [-0.05, 0) is 19.3 Å². The van der Waals surface area contributed by atoms with Crippen LogP contribution in [0.25, 0.3) is 0 Å². The van der Waals surface area contributed by atoms with Gasteiger partial charge in [-0.15, -0.1) is 0 Å². The molecule has 122 valence electrons. The van der Waals surface area contributed by atoms with E-state index in [9.17, 15) is 14.4 Å². The van der Waals surface area contributed by atoms with Crippen LogP contribution >= 0.6 is 0 Å². The summed E-state index contributed by atoms with van der Waals surface area (Å²) in [6, 6.07) is -0.474. The SMILES string of the molecule is CCC(C)N(CCOC)C(=O)NC(=O)CC(C)CC(=O)O. The summed E-state index contributed by atoms with van der Waals surface area (Å²) in [5.41, 5.74) is 0. The van der Waals surface area contributed by atoms with E-state index in [1.807, 2.05) is 13.8 Å². The maximum absolute atomic E-state index is 12.1. The molecule has 0 radical (unpaired) electrons. The average Bonchev–Trinajstić information content (AvgIpc) is 2.37. The number of hydrogen-bond donors (Lipinski definition) is 2. The van der Waals surface area contributed by atoms with Crippen molar-refractivity contribution in [3.8, 4) is 0 Å². The number of ether oxygens (including phenoxy) is 1. The Kier molecular flexibility index (Phi) is 9.36. The van der Waals surface area contributed by atoms with Crippen molar-refractivity contribution in [2.75, 3.05) is 20.3 Å². The third-order valence-electron chi connectivity index (χ3n) is 3.22. The second-order valence-corrected chi connectivity index (χ2v) is 5.20. The van der Waals surface area contributed by atoms with Crippen LogP contribution in [0.5, 0.6) is 0 Å². The summed E-state index contributed by atoms with van der Waals surface area (Å²) < 4.78 is 4.96. The van der Waals surface area contributed by atoms with E-state index in [2.05, 4.69) is 5.32 Å². The van der Waals surface area contributed by atoms with Gasteiger partial charge in [0.1, 0.15) is 0 Å². The number of carboxylic acid groups (broad SMARTS) is 1. The standard InChI is InChI=1S/C14H26N2O5/c1-5-11(3)16(6-7-21-4)14(20)15-12(17)8-10(2)9-13(18)19/h10-11H,5-9H2,1-4H3,(H,18,19)(H,15,17,20). The lowest BCUT2D eigenvalue weighted by Gasteiger charge is -2.28. The van der Waals surface area contributed by atoms with Gasteiger partial charge in [-0.3, -0.25) is 14.9 Å². The Morgan fingerprint density at radius 3 is 2.33 bits per heavy atom. The Morgan fingerprint density at radius 2 is 1.86 bits per heavy atom. The van der Waals surface area contributed by atoms with Crippen LogP contribution < -0.4 is 5.32 Å². The van der Waals surface area contributed by atoms with E-state index in [1.165, 1.54) is 0 Å². The van der Waals surface area contributed by atoms with Crippen molar-refractivity contribution >= 4 is 17.9 Å². The van der Waals surface area contributed by atoms with E-state index in [0.29, 0.717) is 13.2 Å². The maximum Gasteiger partial charge on any atom is 0.324 e. The van der Waals surface area contributed by atoms with Crippen molar-refractivity contribution in [2.45, 2.75) is 46.1 Å². The van der Waals surface area contributed by atoms with Gasteiger partial charge in [0.05, 0.1) is 6.61 Å². The number of rotatable bonds is 9. The molecule has 0 heterocycles. The number of imide groups is 1. The number of carbonyl (C=O) groups excluding carboxylic acids is 2. The molecule has 0 spiro atoms. The van der Waals surface area contributed by atoms with Gasteiger partial charge < -0.3 is 14.7 Å². The molecule has 0 rings (SSSR count). The Morgan fingerprint density at radius 1 is 1.24 bits per heavy atom. The predicted molar refractivity (Wildman–Crippen MR) is 77.9 cm³/mol. The molecule has 21 heavy (non-hydrogen) atoms. The van der Waals surface area contributed by atoms with Crippen molar-refractivity contribution in [3.05, 3.63) is 0 Å². The fourth-order valence-corrected chi connectivity index (χ4v) is 1.86. The molecule has 0 aromatic carbocycles. The number of carboxylic acids is 1. The number of urea groups is 1. The van der Waals surface area contributed by atoms with E-state index >= 15 is 0 Å². The Balaban J connectivity index is 4.45. The van der Waals surface area contributed by atoms with E-state index in [1.54, 1.807) is 18.9 Å². The zero-order valence-electron chi connectivity index (χ0n) is 13.2. The highest BCUT2D eigenvalue weighted by Crippen LogP contribution is 2.08. The second-order valence-electron chi connectivity index (χ2n) is 5.20. The van der Waals surface area contributed by atoms with Crippen LogP contribution in [-0.4, -0.2) is 54.2 Å². The monoisotopic (exact) mass is 302 g/mol. The number of nitrogens with one attached hydrogen (secondary N) is 1. The lowest BCUT2D eigenvalue weighted by Crippen LogP contribution is -2.48. The first-order valence-electron chi connectivity index (χ1n) is 7.12. The zero-order chi connectivity index (χ0) is 16.4. The number of hydrogen-bond acceptors (Lipinski definition) is 4. The molecule has 2 unspecified atom stereocenters. The zero-order valence-corrected chi connectivity index (χ0v) is 13.2. The van der Waals surface area contributed by atoms with Crippen LogP contribution in [0.3, 0.4) is 0 Å². The number of aliphatic carboxylic acids is 1. The normalized spacial score (nSPS) is 13.3. The van der Waals surface area contributed by atoms with E-state index in [4.69, 9.17) is 9.84 Å². The summed E-state index contributed by atoms with van der Waals surface area (Å²) in [6.07, 6.45) is 0.678. The summed E-state index contributed by atoms with van der Waals surface area (Å²) in [6.45, 7) is 6.30. The number of nitrogens with zero attached hydrogens (tertiary/aromatic N) is 1. The summed E-state index contributed by atoms with van der Waals surface area (Å²) in [7, 11) is 1.55. The van der Waals surface area contributed by atoms with Crippen LogP contribution in [0.1, 0.15) is 40.0 Å². The minimum Gasteiger partial charge on any atom is -0.481 e. The van der Waals surface area contributed by atoms with Crippen LogP contribution in [0.4, 0.5) is 4.79 Å². The molecule has 2 atom stereocenters. The quantitative estimate of drug-likeness (QED) is 0.672. The van der Waals surface area contributed by atoms with Gasteiger partial charge >= 0.3 is 12.0 Å². The number of amides is 3. The van der Waals surface area contributed by atoms with Crippen LogP contribution in [-0.2, 0) is 14.3 Å². The summed E-state index contributed by atoms with van der Waals surface area (Å²) in [4.78, 5) is 35.9. The molecule has 0 aliphatic carbocycles. The second kappa shape index (κ2) is 10.1. The molecule has 3 amide bonds. The molecule has 0 aromatic rings. The fraction of sp³-hybridized carbons (Fsp3) is 0.786. The lowest BCUT2D eigenvalue weighted by molar-refractivity contribution is -0.138. The summed E-state index contributed by atoms with van der Waals surface area (Å²) in [5.74, 6) is -1.73. The molecule has 0 saturated heterocycles. The molecule has 0 aliphatic heterocycles. The molecule has 0 saturated carbocycles. The largest absolute Gasteiger partial charge is 0.481 e. The Hall–Kier alpha value is -1.63. The van der Waals surface area contributed by atoms with Gasteiger partial charge in [0.15, 0.2) is 0 Å². The minimum absolute atomic E-state index is 0.00982. The van der Waals surface area contributed by atoms with Gasteiger partial charge in [-0.1, -0.05) is 13.8 Å². The highest BCUT2D eigenvalue weighted by molar-refractivity contribution is 5.94. The maximum atomic E-state index is 12.1. The van der Waals surface area contributed by atoms with Crippen molar-refractivity contribution < 1.29 is 24.2 Å². The van der Waals surface area contributed by atoms with Gasteiger partial charge in [0.2, 0.25) is 5.91 Å². The van der Waals surface area contributed by atoms with Crippen LogP contribution in [0, 0.1) is 5.92 Å². The smallest absolute Gasteiger partial charge is 0.324 e. The lowest BCUT2D eigenvalue weighted by atomic mass is 10.0. The third-order valence-corrected chi connectivity index (χ3v) is 3.22. The summed E-state index contributed by atoms with van der Waals surface area (Å²) >= 11 is 0. The molecule has 0 bridgehead atoms. The number of carbonyl (C=O) groups is 3. The van der Waals surface area contributed by atoms with Gasteiger partial charge in [-0.25, -0.2) is 4.79 Å². The molecule has 0 aliphatic rings. The number of methoxy groups -OCH3 is 1. The first-order chi connectivity index (χ1) is 9.81. The first-order valence-corrected chi connectivity index (χ1v) is 7.12. The van der Waals surface area contributed by atoms with Gasteiger partial charge in [0.25, 0.3) is 0 Å². The molecule has 7 nitrogen and oxygen atoms in total. The third kappa shape index (κ3) is 8.29. The fourth-order valence-electron chi connectivity index (χ4n) is 1.86. The van der Waals surface area contributed by atoms with Crippen LogP contribution in [0.2, 0.25) is 0 Å². The van der Waals surface area contributed by atoms with Crippen molar-refractivity contribution in [3.63, 3.8) is 0 Å². The molecule has 2 N–H and O–H groups in total. The van der Waals surface area contributed by atoms with Gasteiger partial charge in [0, 0.05) is 32.5 Å². The van der Waals surface area contributed by atoms with Crippen molar-refractivity contribution in [1.82, 2.24) is 10.2 Å².